The molecule has 0 unspecified atom stereocenters. The summed E-state index contributed by atoms with van der Waals surface area (Å²) in [7, 11) is 3.78. The SMILES string of the molecule is CN(C)CC(=O)c1ccccc1.O=C(CCl)c1ccc(Oc2ccccc2)cc1Cl. The molecule has 0 radical (unpaired) electrons. The van der Waals surface area contributed by atoms with E-state index in [9.17, 15) is 9.59 Å². The molecule has 6 heteroatoms. The number of benzene rings is 3. The van der Waals surface area contributed by atoms with E-state index in [0.29, 0.717) is 28.6 Å². The average Bonchev–Trinajstić information content (AvgIpc) is 2.75. The smallest absolute Gasteiger partial charge is 0.179 e. The summed E-state index contributed by atoms with van der Waals surface area (Å²) in [6.07, 6.45) is 0. The summed E-state index contributed by atoms with van der Waals surface area (Å²) in [6, 6.07) is 23.6. The number of likely N-dealkylation sites (N-methyl/N-ethyl adjacent to an activating group) is 1. The number of nitrogens with zero attached hydrogens (tertiary/aromatic N) is 1. The molecule has 0 aliphatic heterocycles. The lowest BCUT2D eigenvalue weighted by atomic mass is 10.1. The number of rotatable bonds is 7. The van der Waals surface area contributed by atoms with E-state index in [1.807, 2.05) is 79.7 Å². The fourth-order valence-corrected chi connectivity index (χ4v) is 2.90. The molecule has 0 bridgehead atoms. The van der Waals surface area contributed by atoms with Crippen LogP contribution in [-0.4, -0.2) is 43.0 Å². The highest BCUT2D eigenvalue weighted by Crippen LogP contribution is 2.27. The van der Waals surface area contributed by atoms with E-state index in [-0.39, 0.29) is 17.4 Å². The molecular weight excluding hydrogens is 421 g/mol. The van der Waals surface area contributed by atoms with Gasteiger partial charge in [-0.2, -0.15) is 0 Å². The lowest BCUT2D eigenvalue weighted by molar-refractivity contribution is 0.0956. The van der Waals surface area contributed by atoms with E-state index in [0.717, 1.165) is 5.56 Å². The standard InChI is InChI=1S/C14H10Cl2O2.C10H13NO/c15-9-14(17)12-7-6-11(8-13(12)16)18-10-4-2-1-3-5-10;1-11(2)8-10(12)9-6-4-3-5-7-9/h1-8H,9H2;3-7H,8H2,1-2H3. The van der Waals surface area contributed by atoms with Gasteiger partial charge in [-0.1, -0.05) is 60.1 Å². The lowest BCUT2D eigenvalue weighted by Crippen LogP contribution is -2.21. The summed E-state index contributed by atoms with van der Waals surface area (Å²) in [4.78, 5) is 24.7. The van der Waals surface area contributed by atoms with Gasteiger partial charge < -0.3 is 9.64 Å². The van der Waals surface area contributed by atoms with Crippen molar-refractivity contribution in [1.82, 2.24) is 4.90 Å². The first-order valence-corrected chi connectivity index (χ1v) is 10.2. The Morgan fingerprint density at radius 2 is 1.43 bits per heavy atom. The van der Waals surface area contributed by atoms with Gasteiger partial charge in [-0.25, -0.2) is 0 Å². The molecule has 0 amide bonds. The van der Waals surface area contributed by atoms with E-state index in [4.69, 9.17) is 27.9 Å². The van der Waals surface area contributed by atoms with Gasteiger partial charge in [0.15, 0.2) is 11.6 Å². The van der Waals surface area contributed by atoms with E-state index >= 15 is 0 Å². The van der Waals surface area contributed by atoms with E-state index < -0.39 is 0 Å². The molecule has 3 aromatic rings. The number of hydrogen-bond donors (Lipinski definition) is 0. The largest absolute Gasteiger partial charge is 0.457 e. The van der Waals surface area contributed by atoms with Gasteiger partial charge in [-0.3, -0.25) is 9.59 Å². The van der Waals surface area contributed by atoms with Crippen molar-refractivity contribution >= 4 is 34.8 Å². The van der Waals surface area contributed by atoms with Gasteiger partial charge in [-0.15, -0.1) is 11.6 Å². The highest BCUT2D eigenvalue weighted by atomic mass is 35.5. The number of hydrogen-bond acceptors (Lipinski definition) is 4. The van der Waals surface area contributed by atoms with Crippen LogP contribution in [0.3, 0.4) is 0 Å². The van der Waals surface area contributed by atoms with Crippen molar-refractivity contribution < 1.29 is 14.3 Å². The van der Waals surface area contributed by atoms with E-state index in [1.54, 1.807) is 18.2 Å². The third kappa shape index (κ3) is 7.64. The molecule has 0 saturated heterocycles. The zero-order chi connectivity index (χ0) is 21.9. The number of carbonyl (C=O) groups excluding carboxylic acids is 2. The third-order valence-electron chi connectivity index (χ3n) is 3.90. The van der Waals surface area contributed by atoms with Crippen LogP contribution in [-0.2, 0) is 0 Å². The van der Waals surface area contributed by atoms with Crippen LogP contribution in [0.15, 0.2) is 78.9 Å². The predicted octanol–water partition coefficient (Wildman–Crippen LogP) is 5.98. The van der Waals surface area contributed by atoms with Crippen molar-refractivity contribution in [2.45, 2.75) is 0 Å². The van der Waals surface area contributed by atoms with Crippen molar-refractivity contribution in [1.29, 1.82) is 0 Å². The van der Waals surface area contributed by atoms with Crippen molar-refractivity contribution in [3.63, 3.8) is 0 Å². The summed E-state index contributed by atoms with van der Waals surface area (Å²) in [6.45, 7) is 0.476. The van der Waals surface area contributed by atoms with Crippen molar-refractivity contribution in [2.75, 3.05) is 26.5 Å². The van der Waals surface area contributed by atoms with Gasteiger partial charge in [0.25, 0.3) is 0 Å². The first kappa shape index (κ1) is 23.6. The Labute approximate surface area is 187 Å². The second-order valence-electron chi connectivity index (χ2n) is 6.64. The van der Waals surface area contributed by atoms with Crippen molar-refractivity contribution in [3.05, 3.63) is 95.0 Å². The summed E-state index contributed by atoms with van der Waals surface area (Å²) in [5.74, 6) is 1.18. The number of alkyl halides is 1. The molecule has 30 heavy (non-hydrogen) atoms. The Bertz CT molecular complexity index is 961. The number of halogens is 2. The number of ketones is 2. The van der Waals surface area contributed by atoms with Crippen LogP contribution in [0.25, 0.3) is 0 Å². The van der Waals surface area contributed by atoms with E-state index in [2.05, 4.69) is 0 Å². The molecule has 156 valence electrons. The molecule has 0 heterocycles. The van der Waals surface area contributed by atoms with Crippen LogP contribution in [0.5, 0.6) is 11.5 Å². The summed E-state index contributed by atoms with van der Waals surface area (Å²) < 4.78 is 5.60. The number of Topliss-reactive ketones (excluding diaryl/α,β-unsaturated/α-hetero) is 2. The molecule has 0 aliphatic rings. The normalized spacial score (nSPS) is 10.2. The fraction of sp³-hybridized carbons (Fsp3) is 0.167. The van der Waals surface area contributed by atoms with Crippen LogP contribution in [0.1, 0.15) is 20.7 Å². The van der Waals surface area contributed by atoms with Gasteiger partial charge >= 0.3 is 0 Å². The lowest BCUT2D eigenvalue weighted by Gasteiger charge is -2.07. The number of para-hydroxylation sites is 1. The third-order valence-corrected chi connectivity index (χ3v) is 4.45. The molecule has 0 N–H and O–H groups in total. The Kier molecular flexibility index (Phi) is 9.55. The zero-order valence-electron chi connectivity index (χ0n) is 16.8. The average molecular weight is 444 g/mol. The minimum Gasteiger partial charge on any atom is -0.457 e. The molecule has 0 fully saturated rings. The Morgan fingerprint density at radius 3 is 1.97 bits per heavy atom. The van der Waals surface area contributed by atoms with Gasteiger partial charge in [0, 0.05) is 17.2 Å². The highest BCUT2D eigenvalue weighted by molar-refractivity contribution is 6.37. The van der Waals surface area contributed by atoms with Gasteiger partial charge in [0.1, 0.15) is 11.5 Å². The van der Waals surface area contributed by atoms with Crippen molar-refractivity contribution in [3.8, 4) is 11.5 Å². The molecule has 4 nitrogen and oxygen atoms in total. The summed E-state index contributed by atoms with van der Waals surface area (Å²) >= 11 is 11.5. The van der Waals surface area contributed by atoms with Crippen LogP contribution >= 0.6 is 23.2 Å². The summed E-state index contributed by atoms with van der Waals surface area (Å²) in [5.41, 5.74) is 1.19. The first-order valence-electron chi connectivity index (χ1n) is 9.25. The maximum atomic E-state index is 11.4. The van der Waals surface area contributed by atoms with Crippen LogP contribution < -0.4 is 4.74 Å². The minimum atomic E-state index is -0.201. The Morgan fingerprint density at radius 1 is 0.833 bits per heavy atom. The van der Waals surface area contributed by atoms with Gasteiger partial charge in [0.05, 0.1) is 17.4 Å². The highest BCUT2D eigenvalue weighted by Gasteiger charge is 2.10. The Hall–Kier alpha value is -2.66. The number of carbonyl (C=O) groups is 2. The molecule has 0 spiro atoms. The second kappa shape index (κ2) is 12.1. The molecule has 0 saturated carbocycles. The summed E-state index contributed by atoms with van der Waals surface area (Å²) in [5, 5.41) is 0.342. The molecule has 0 aromatic heterocycles. The van der Waals surface area contributed by atoms with Gasteiger partial charge in [-0.05, 0) is 38.4 Å². The molecule has 3 rings (SSSR count). The molecular formula is C24H23Cl2NO3. The molecule has 3 aromatic carbocycles. The Balaban J connectivity index is 0.000000232. The maximum absolute atomic E-state index is 11.4. The second-order valence-corrected chi connectivity index (χ2v) is 7.32. The quantitative estimate of drug-likeness (QED) is 0.332. The number of ether oxygens (including phenoxy) is 1. The predicted molar refractivity (Wildman–Crippen MR) is 122 cm³/mol. The zero-order valence-corrected chi connectivity index (χ0v) is 18.4. The molecule has 0 aliphatic carbocycles. The van der Waals surface area contributed by atoms with Crippen molar-refractivity contribution in [2.24, 2.45) is 0 Å². The molecule has 0 atom stereocenters. The van der Waals surface area contributed by atoms with Crippen LogP contribution in [0.4, 0.5) is 0 Å². The monoisotopic (exact) mass is 443 g/mol. The van der Waals surface area contributed by atoms with E-state index in [1.165, 1.54) is 0 Å². The first-order chi connectivity index (χ1) is 14.4. The van der Waals surface area contributed by atoms with Crippen LogP contribution in [0, 0.1) is 0 Å². The van der Waals surface area contributed by atoms with Gasteiger partial charge in [0.2, 0.25) is 0 Å². The van der Waals surface area contributed by atoms with Crippen LogP contribution in [0.2, 0.25) is 5.02 Å². The topological polar surface area (TPSA) is 46.6 Å². The minimum absolute atomic E-state index is 0.0847. The maximum Gasteiger partial charge on any atom is 0.179 e. The fourth-order valence-electron chi connectivity index (χ4n) is 2.48.